The fraction of sp³-hybridized carbons (Fsp3) is 0.318. The second-order valence-corrected chi connectivity index (χ2v) is 7.42. The van der Waals surface area contributed by atoms with Crippen molar-refractivity contribution in [3.05, 3.63) is 64.5 Å². The van der Waals surface area contributed by atoms with E-state index in [-0.39, 0.29) is 12.5 Å². The van der Waals surface area contributed by atoms with Gasteiger partial charge in [0.05, 0.1) is 30.2 Å². The second-order valence-electron chi connectivity index (χ2n) is 7.01. The van der Waals surface area contributed by atoms with Crippen molar-refractivity contribution in [2.75, 3.05) is 13.2 Å². The molecule has 1 aromatic heterocycles. The third-order valence-electron chi connectivity index (χ3n) is 4.85. The molecule has 0 N–H and O–H groups in total. The molecule has 0 atom stereocenters. The van der Waals surface area contributed by atoms with Crippen LogP contribution in [0.2, 0.25) is 5.02 Å². The Morgan fingerprint density at radius 1 is 1.21 bits per heavy atom. The monoisotopic (exact) mass is 411 g/mol. The molecule has 1 aliphatic heterocycles. The summed E-state index contributed by atoms with van der Waals surface area (Å²) >= 11 is 6.20. The van der Waals surface area contributed by atoms with Gasteiger partial charge in [0.2, 0.25) is 17.7 Å². The highest BCUT2D eigenvalue weighted by atomic mass is 35.5. The standard InChI is InChI=1S/C22H22ClN3O3/c1-2-10-26(21(27)13-15-7-8-19-16(12-15)9-11-28-19)14-20-24-25-22(29-20)17-5-3-4-6-18(17)23/h3-8,12H,2,9-11,13-14H2,1H3. The van der Waals surface area contributed by atoms with E-state index >= 15 is 0 Å². The first-order valence-corrected chi connectivity index (χ1v) is 10.1. The van der Waals surface area contributed by atoms with Crippen LogP contribution < -0.4 is 4.74 Å². The average molecular weight is 412 g/mol. The van der Waals surface area contributed by atoms with Gasteiger partial charge in [-0.25, -0.2) is 0 Å². The molecule has 1 aliphatic rings. The molecule has 3 aromatic rings. The Morgan fingerprint density at radius 3 is 2.90 bits per heavy atom. The molecule has 2 aromatic carbocycles. The van der Waals surface area contributed by atoms with Crippen molar-refractivity contribution in [1.29, 1.82) is 0 Å². The van der Waals surface area contributed by atoms with Crippen molar-refractivity contribution < 1.29 is 13.9 Å². The lowest BCUT2D eigenvalue weighted by atomic mass is 10.1. The van der Waals surface area contributed by atoms with E-state index in [1.165, 1.54) is 5.56 Å². The van der Waals surface area contributed by atoms with Crippen LogP contribution in [0.5, 0.6) is 5.75 Å². The first-order chi connectivity index (χ1) is 14.1. The van der Waals surface area contributed by atoms with Gasteiger partial charge in [0, 0.05) is 13.0 Å². The highest BCUT2D eigenvalue weighted by molar-refractivity contribution is 6.33. The molecule has 2 heterocycles. The largest absolute Gasteiger partial charge is 0.493 e. The van der Waals surface area contributed by atoms with E-state index in [0.29, 0.717) is 41.9 Å². The molecular formula is C22H22ClN3O3. The topological polar surface area (TPSA) is 68.5 Å². The molecule has 1 amide bonds. The van der Waals surface area contributed by atoms with E-state index in [9.17, 15) is 4.79 Å². The number of rotatable bonds is 7. The van der Waals surface area contributed by atoms with Crippen molar-refractivity contribution in [2.24, 2.45) is 0 Å². The average Bonchev–Trinajstić information content (AvgIpc) is 3.37. The quantitative estimate of drug-likeness (QED) is 0.579. The molecule has 0 aliphatic carbocycles. The van der Waals surface area contributed by atoms with Gasteiger partial charge in [-0.1, -0.05) is 42.8 Å². The van der Waals surface area contributed by atoms with Crippen LogP contribution in [0.3, 0.4) is 0 Å². The maximum absolute atomic E-state index is 12.9. The number of benzene rings is 2. The number of halogens is 1. The van der Waals surface area contributed by atoms with E-state index in [4.69, 9.17) is 20.8 Å². The Kier molecular flexibility index (Phi) is 5.81. The lowest BCUT2D eigenvalue weighted by Gasteiger charge is -2.20. The zero-order valence-corrected chi connectivity index (χ0v) is 17.0. The summed E-state index contributed by atoms with van der Waals surface area (Å²) in [5, 5.41) is 8.74. The molecule has 6 nitrogen and oxygen atoms in total. The molecule has 0 spiro atoms. The fourth-order valence-electron chi connectivity index (χ4n) is 3.42. The van der Waals surface area contributed by atoms with Gasteiger partial charge in [0.15, 0.2) is 0 Å². The van der Waals surface area contributed by atoms with Gasteiger partial charge in [-0.05, 0) is 35.7 Å². The second kappa shape index (κ2) is 8.66. The SMILES string of the molecule is CCCN(Cc1nnc(-c2ccccc2Cl)o1)C(=O)Cc1ccc2c(c1)CCO2. The molecule has 29 heavy (non-hydrogen) atoms. The minimum atomic E-state index is 0.0307. The number of fused-ring (bicyclic) bond motifs is 1. The van der Waals surface area contributed by atoms with E-state index in [1.54, 1.807) is 11.0 Å². The Labute approximate surface area is 174 Å². The summed E-state index contributed by atoms with van der Waals surface area (Å²) in [6.45, 7) is 3.64. The van der Waals surface area contributed by atoms with E-state index in [0.717, 1.165) is 24.2 Å². The Balaban J connectivity index is 1.46. The van der Waals surface area contributed by atoms with Crippen LogP contribution in [0.25, 0.3) is 11.5 Å². The number of aromatic nitrogens is 2. The minimum Gasteiger partial charge on any atom is -0.493 e. The highest BCUT2D eigenvalue weighted by Crippen LogP contribution is 2.27. The number of amides is 1. The molecule has 0 saturated heterocycles. The van der Waals surface area contributed by atoms with Crippen molar-refractivity contribution in [3.8, 4) is 17.2 Å². The third kappa shape index (κ3) is 4.43. The van der Waals surface area contributed by atoms with Crippen LogP contribution >= 0.6 is 11.6 Å². The summed E-state index contributed by atoms with van der Waals surface area (Å²) in [6, 6.07) is 13.3. The molecule has 0 radical (unpaired) electrons. The molecule has 150 valence electrons. The third-order valence-corrected chi connectivity index (χ3v) is 5.18. The molecule has 7 heteroatoms. The van der Waals surface area contributed by atoms with Crippen molar-refractivity contribution in [3.63, 3.8) is 0 Å². The van der Waals surface area contributed by atoms with Crippen molar-refractivity contribution >= 4 is 17.5 Å². The smallest absolute Gasteiger partial charge is 0.249 e. The van der Waals surface area contributed by atoms with Crippen LogP contribution in [-0.4, -0.2) is 34.2 Å². The number of hydrogen-bond acceptors (Lipinski definition) is 5. The van der Waals surface area contributed by atoms with Gasteiger partial charge in [-0.15, -0.1) is 10.2 Å². The summed E-state index contributed by atoms with van der Waals surface area (Å²) in [4.78, 5) is 14.7. The number of carbonyl (C=O) groups excluding carboxylic acids is 1. The Hall–Kier alpha value is -2.86. The van der Waals surface area contributed by atoms with Crippen molar-refractivity contribution in [2.45, 2.75) is 32.7 Å². The molecular weight excluding hydrogens is 390 g/mol. The summed E-state index contributed by atoms with van der Waals surface area (Å²) in [5.41, 5.74) is 2.84. The lowest BCUT2D eigenvalue weighted by molar-refractivity contribution is -0.131. The van der Waals surface area contributed by atoms with Gasteiger partial charge >= 0.3 is 0 Å². The zero-order chi connectivity index (χ0) is 20.2. The van der Waals surface area contributed by atoms with Crippen LogP contribution in [0.4, 0.5) is 0 Å². The van der Waals surface area contributed by atoms with Crippen LogP contribution in [0, 0.1) is 0 Å². The summed E-state index contributed by atoms with van der Waals surface area (Å²) in [6.07, 6.45) is 2.07. The Bertz CT molecular complexity index is 1020. The Morgan fingerprint density at radius 2 is 2.07 bits per heavy atom. The number of carbonyl (C=O) groups is 1. The van der Waals surface area contributed by atoms with Gasteiger partial charge in [0.1, 0.15) is 5.75 Å². The first kappa shape index (κ1) is 19.5. The molecule has 0 bridgehead atoms. The molecule has 0 unspecified atom stereocenters. The normalized spacial score (nSPS) is 12.5. The molecule has 0 fully saturated rings. The van der Waals surface area contributed by atoms with Gasteiger partial charge in [-0.3, -0.25) is 4.79 Å². The van der Waals surface area contributed by atoms with Crippen LogP contribution in [-0.2, 0) is 24.2 Å². The maximum Gasteiger partial charge on any atom is 0.249 e. The van der Waals surface area contributed by atoms with Crippen LogP contribution in [0.15, 0.2) is 46.9 Å². The predicted molar refractivity (Wildman–Crippen MR) is 110 cm³/mol. The first-order valence-electron chi connectivity index (χ1n) is 9.73. The van der Waals surface area contributed by atoms with Crippen LogP contribution in [0.1, 0.15) is 30.4 Å². The predicted octanol–water partition coefficient (Wildman–Crippen LogP) is 4.31. The van der Waals surface area contributed by atoms with E-state index < -0.39 is 0 Å². The van der Waals surface area contributed by atoms with Gasteiger partial charge < -0.3 is 14.1 Å². The highest BCUT2D eigenvalue weighted by Gasteiger charge is 2.20. The summed E-state index contributed by atoms with van der Waals surface area (Å²) in [7, 11) is 0. The molecule has 4 rings (SSSR count). The lowest BCUT2D eigenvalue weighted by Crippen LogP contribution is -2.32. The zero-order valence-electron chi connectivity index (χ0n) is 16.2. The number of nitrogens with zero attached hydrogens (tertiary/aromatic N) is 3. The molecule has 0 saturated carbocycles. The fourth-order valence-corrected chi connectivity index (χ4v) is 3.64. The van der Waals surface area contributed by atoms with E-state index in [1.807, 2.05) is 37.3 Å². The summed E-state index contributed by atoms with van der Waals surface area (Å²) in [5.74, 6) is 1.70. The maximum atomic E-state index is 12.9. The number of hydrogen-bond donors (Lipinski definition) is 0. The van der Waals surface area contributed by atoms with Gasteiger partial charge in [0.25, 0.3) is 0 Å². The van der Waals surface area contributed by atoms with Gasteiger partial charge in [-0.2, -0.15) is 0 Å². The van der Waals surface area contributed by atoms with E-state index in [2.05, 4.69) is 16.3 Å². The summed E-state index contributed by atoms with van der Waals surface area (Å²) < 4.78 is 11.3. The van der Waals surface area contributed by atoms with Crippen molar-refractivity contribution in [1.82, 2.24) is 15.1 Å². The minimum absolute atomic E-state index is 0.0307. The number of ether oxygens (including phenoxy) is 1.